The summed E-state index contributed by atoms with van der Waals surface area (Å²) in [5.74, 6) is -0.422. The molecule has 2 aromatic rings. The first-order valence-corrected chi connectivity index (χ1v) is 10.5. The van der Waals surface area contributed by atoms with Crippen LogP contribution in [0.1, 0.15) is 26.5 Å². The number of hydrogen-bond donors (Lipinski definition) is 0. The van der Waals surface area contributed by atoms with E-state index in [-0.39, 0.29) is 5.75 Å². The minimum Gasteiger partial charge on any atom is -0.474 e. The highest BCUT2D eigenvalue weighted by atomic mass is 32.2. The summed E-state index contributed by atoms with van der Waals surface area (Å²) in [5.41, 5.74) is 0.759. The van der Waals surface area contributed by atoms with Crippen molar-refractivity contribution in [1.82, 2.24) is 10.1 Å². The molecule has 0 aliphatic carbocycles. The second kappa shape index (κ2) is 9.82. The van der Waals surface area contributed by atoms with E-state index in [4.69, 9.17) is 23.5 Å². The van der Waals surface area contributed by atoms with Gasteiger partial charge in [0.05, 0.1) is 12.4 Å². The molecular formula is C20H22N2O8S. The van der Waals surface area contributed by atoms with E-state index in [1.54, 1.807) is 25.4 Å². The Morgan fingerprint density at radius 3 is 2.29 bits per heavy atom. The topological polar surface area (TPSA) is 127 Å². The molecule has 0 aromatic carbocycles. The summed E-state index contributed by atoms with van der Waals surface area (Å²) in [6.07, 6.45) is 1.91. The van der Waals surface area contributed by atoms with Crippen molar-refractivity contribution in [2.24, 2.45) is 0 Å². The Morgan fingerprint density at radius 2 is 1.68 bits per heavy atom. The van der Waals surface area contributed by atoms with Crippen molar-refractivity contribution in [1.29, 1.82) is 0 Å². The third-order valence-electron chi connectivity index (χ3n) is 4.33. The van der Waals surface area contributed by atoms with Crippen LogP contribution in [-0.2, 0) is 28.6 Å². The second-order valence-electron chi connectivity index (χ2n) is 6.82. The zero-order chi connectivity index (χ0) is 22.5. The van der Waals surface area contributed by atoms with Gasteiger partial charge in [-0.15, -0.1) is 11.8 Å². The summed E-state index contributed by atoms with van der Waals surface area (Å²) in [5, 5.41) is 3.76. The lowest BCUT2D eigenvalue weighted by Crippen LogP contribution is -2.55. The Bertz CT molecular complexity index is 962. The van der Waals surface area contributed by atoms with Crippen molar-refractivity contribution < 1.29 is 37.9 Å². The van der Waals surface area contributed by atoms with Gasteiger partial charge in [-0.2, -0.15) is 0 Å². The molecule has 3 heterocycles. The summed E-state index contributed by atoms with van der Waals surface area (Å²) >= 11 is 1.27. The predicted molar refractivity (Wildman–Crippen MR) is 108 cm³/mol. The Balaban J connectivity index is 1.87. The number of ether oxygens (including phenoxy) is 4. The maximum atomic E-state index is 11.8. The van der Waals surface area contributed by atoms with Crippen LogP contribution in [0.25, 0.3) is 11.1 Å². The molecule has 1 saturated heterocycles. The molecule has 0 amide bonds. The number of carbonyl (C=O) groups excluding carboxylic acids is 3. The van der Waals surface area contributed by atoms with Gasteiger partial charge in [-0.1, -0.05) is 5.16 Å². The van der Waals surface area contributed by atoms with Gasteiger partial charge in [-0.3, -0.25) is 19.4 Å². The van der Waals surface area contributed by atoms with Crippen molar-refractivity contribution >= 4 is 29.7 Å². The van der Waals surface area contributed by atoms with Crippen molar-refractivity contribution in [3.8, 4) is 16.9 Å². The van der Waals surface area contributed by atoms with E-state index in [0.717, 1.165) is 11.1 Å². The minimum absolute atomic E-state index is 0.276. The Kier molecular flexibility index (Phi) is 7.16. The zero-order valence-electron chi connectivity index (χ0n) is 17.4. The molecule has 4 atom stereocenters. The van der Waals surface area contributed by atoms with Crippen molar-refractivity contribution in [2.45, 2.75) is 51.4 Å². The molecule has 31 heavy (non-hydrogen) atoms. The fourth-order valence-electron chi connectivity index (χ4n) is 3.15. The highest BCUT2D eigenvalue weighted by molar-refractivity contribution is 7.99. The molecule has 1 aliphatic heterocycles. The molecule has 0 N–H and O–H groups in total. The van der Waals surface area contributed by atoms with E-state index in [1.165, 1.54) is 38.7 Å². The molecular weight excluding hydrogens is 428 g/mol. The van der Waals surface area contributed by atoms with Crippen LogP contribution in [0.4, 0.5) is 0 Å². The van der Waals surface area contributed by atoms with Crippen LogP contribution in [-0.4, -0.2) is 57.5 Å². The standard InChI is InChI=1S/C20H22N2O8S/c1-10-16(8-22-30-10)14-5-15(7-21-6-14)29-20-19(28-13(4)25)18(27-12(3)24)17(9-31-20)26-11(2)23/h5-8,17-20H,9H2,1-4H3/t17-,18+,19-,20+/m1/s1. The Hall–Kier alpha value is -3.08. The third-order valence-corrected chi connectivity index (χ3v) is 5.55. The van der Waals surface area contributed by atoms with Gasteiger partial charge in [0.1, 0.15) is 11.5 Å². The lowest BCUT2D eigenvalue weighted by atomic mass is 10.1. The predicted octanol–water partition coefficient (Wildman–Crippen LogP) is 2.29. The monoisotopic (exact) mass is 450 g/mol. The Morgan fingerprint density at radius 1 is 1.00 bits per heavy atom. The van der Waals surface area contributed by atoms with Crippen LogP contribution in [0.2, 0.25) is 0 Å². The maximum absolute atomic E-state index is 11.8. The zero-order valence-corrected chi connectivity index (χ0v) is 18.2. The fraction of sp³-hybridized carbons (Fsp3) is 0.450. The number of aryl methyl sites for hydroxylation is 1. The average Bonchev–Trinajstić information content (AvgIpc) is 3.11. The first kappa shape index (κ1) is 22.6. The normalized spacial score (nSPS) is 23.0. The number of hydrogen-bond acceptors (Lipinski definition) is 11. The van der Waals surface area contributed by atoms with E-state index >= 15 is 0 Å². The van der Waals surface area contributed by atoms with Gasteiger partial charge in [0.15, 0.2) is 23.7 Å². The van der Waals surface area contributed by atoms with Crippen LogP contribution in [0.3, 0.4) is 0 Å². The molecule has 11 heteroatoms. The quantitative estimate of drug-likeness (QED) is 0.475. The van der Waals surface area contributed by atoms with Gasteiger partial charge < -0.3 is 23.5 Å². The lowest BCUT2D eigenvalue weighted by molar-refractivity contribution is -0.186. The van der Waals surface area contributed by atoms with Gasteiger partial charge in [0.25, 0.3) is 0 Å². The molecule has 0 saturated carbocycles. The number of pyridine rings is 1. The summed E-state index contributed by atoms with van der Waals surface area (Å²) in [6.45, 7) is 5.49. The van der Waals surface area contributed by atoms with Gasteiger partial charge in [0.2, 0.25) is 0 Å². The molecule has 0 radical (unpaired) electrons. The molecule has 0 spiro atoms. The van der Waals surface area contributed by atoms with Crippen molar-refractivity contribution in [2.75, 3.05) is 5.75 Å². The highest BCUT2D eigenvalue weighted by Crippen LogP contribution is 2.35. The molecule has 0 bridgehead atoms. The van der Waals surface area contributed by atoms with Crippen molar-refractivity contribution in [3.05, 3.63) is 30.4 Å². The smallest absolute Gasteiger partial charge is 0.303 e. The van der Waals surface area contributed by atoms with Crippen LogP contribution in [0.15, 0.2) is 29.2 Å². The summed E-state index contributed by atoms with van der Waals surface area (Å²) in [4.78, 5) is 39.1. The van der Waals surface area contributed by atoms with Gasteiger partial charge >= 0.3 is 17.9 Å². The van der Waals surface area contributed by atoms with Crippen LogP contribution < -0.4 is 4.74 Å². The van der Waals surface area contributed by atoms with E-state index in [2.05, 4.69) is 10.1 Å². The molecule has 2 aromatic heterocycles. The molecule has 166 valence electrons. The Labute approximate surface area is 182 Å². The number of nitrogens with zero attached hydrogens (tertiary/aromatic N) is 2. The number of aromatic nitrogens is 2. The van der Waals surface area contributed by atoms with Crippen LogP contribution >= 0.6 is 11.8 Å². The van der Waals surface area contributed by atoms with Crippen LogP contribution in [0.5, 0.6) is 5.75 Å². The fourth-order valence-corrected chi connectivity index (χ4v) is 4.37. The lowest BCUT2D eigenvalue weighted by Gasteiger charge is -2.39. The van der Waals surface area contributed by atoms with E-state index in [9.17, 15) is 14.4 Å². The molecule has 3 rings (SSSR count). The first-order valence-electron chi connectivity index (χ1n) is 9.41. The molecule has 1 fully saturated rings. The van der Waals surface area contributed by atoms with Crippen LogP contribution in [0, 0.1) is 6.92 Å². The average molecular weight is 450 g/mol. The highest BCUT2D eigenvalue weighted by Gasteiger charge is 2.47. The van der Waals surface area contributed by atoms with Gasteiger partial charge in [-0.05, 0) is 13.0 Å². The second-order valence-corrected chi connectivity index (χ2v) is 7.95. The molecule has 0 unspecified atom stereocenters. The largest absolute Gasteiger partial charge is 0.474 e. The number of esters is 3. The third kappa shape index (κ3) is 5.75. The van der Waals surface area contributed by atoms with Crippen molar-refractivity contribution in [3.63, 3.8) is 0 Å². The first-order chi connectivity index (χ1) is 14.7. The minimum atomic E-state index is -1.02. The maximum Gasteiger partial charge on any atom is 0.303 e. The SMILES string of the molecule is CC(=O)O[C@@H]1[C@@H](OC(C)=O)[C@@H](Oc2cncc(-c3cnoc3C)c2)SC[C@H]1OC(C)=O. The number of rotatable bonds is 6. The summed E-state index contributed by atoms with van der Waals surface area (Å²) in [6, 6.07) is 1.75. The molecule has 10 nitrogen and oxygen atoms in total. The van der Waals surface area contributed by atoms with E-state index < -0.39 is 41.7 Å². The molecule has 1 aliphatic rings. The summed E-state index contributed by atoms with van der Waals surface area (Å²) < 4.78 is 27.2. The van der Waals surface area contributed by atoms with Gasteiger partial charge in [0, 0.05) is 43.8 Å². The number of thioether (sulfide) groups is 1. The van der Waals surface area contributed by atoms with Gasteiger partial charge in [-0.25, -0.2) is 0 Å². The number of carbonyl (C=O) groups is 3. The summed E-state index contributed by atoms with van der Waals surface area (Å²) in [7, 11) is 0. The van der Waals surface area contributed by atoms with E-state index in [0.29, 0.717) is 11.5 Å². The van der Waals surface area contributed by atoms with E-state index in [1.807, 2.05) is 0 Å².